The van der Waals surface area contributed by atoms with Crippen LogP contribution in [0.2, 0.25) is 0 Å². The van der Waals surface area contributed by atoms with Crippen molar-refractivity contribution in [1.82, 2.24) is 4.90 Å². The molecule has 2 aliphatic carbocycles. The Morgan fingerprint density at radius 2 is 1.61 bits per heavy atom. The molecule has 0 aromatic heterocycles. The molecule has 0 aromatic rings. The highest BCUT2D eigenvalue weighted by atomic mass is 15.4. The second-order valence-corrected chi connectivity index (χ2v) is 7.08. The molecule has 104 valence electrons. The van der Waals surface area contributed by atoms with Gasteiger partial charge in [0.2, 0.25) is 0 Å². The average molecular weight is 251 g/mol. The normalized spacial score (nSPS) is 43.0. The quantitative estimate of drug-likeness (QED) is 0.789. The fourth-order valence-corrected chi connectivity index (χ4v) is 4.86. The zero-order valence-corrected chi connectivity index (χ0v) is 12.3. The Balaban J connectivity index is 1.66. The van der Waals surface area contributed by atoms with Crippen molar-refractivity contribution >= 4 is 0 Å². The molecule has 0 radical (unpaired) electrons. The Hall–Kier alpha value is -0.0800. The number of hydrogen-bond donors (Lipinski definition) is 1. The van der Waals surface area contributed by atoms with Gasteiger partial charge in [-0.3, -0.25) is 0 Å². The van der Waals surface area contributed by atoms with Crippen LogP contribution in [0.15, 0.2) is 0 Å². The van der Waals surface area contributed by atoms with Crippen LogP contribution in [0.1, 0.15) is 64.7 Å². The van der Waals surface area contributed by atoms with Crippen molar-refractivity contribution in [2.24, 2.45) is 5.92 Å². The van der Waals surface area contributed by atoms with Crippen molar-refractivity contribution in [2.75, 3.05) is 13.6 Å². The molecule has 1 aliphatic heterocycles. The number of quaternary nitrogens is 1. The summed E-state index contributed by atoms with van der Waals surface area (Å²) in [5.41, 5.74) is 0. The first kappa shape index (κ1) is 12.9. The molecule has 4 atom stereocenters. The standard InChI is InChI=1S/C16H30N2/c1-13-17(2)15-10-6-7-11-16(15)18(13)12-14-8-4-3-5-9-14/h13-16H,3-12H2,1-2H3/p+1. The first-order valence-corrected chi connectivity index (χ1v) is 8.36. The third-order valence-electron chi connectivity index (χ3n) is 6.09. The van der Waals surface area contributed by atoms with Gasteiger partial charge in [-0.1, -0.05) is 25.7 Å². The lowest BCUT2D eigenvalue weighted by Crippen LogP contribution is -3.15. The highest BCUT2D eigenvalue weighted by Crippen LogP contribution is 2.30. The van der Waals surface area contributed by atoms with E-state index in [1.165, 1.54) is 64.3 Å². The molecule has 0 spiro atoms. The maximum absolute atomic E-state index is 2.90. The summed E-state index contributed by atoms with van der Waals surface area (Å²) in [5, 5.41) is 0. The molecule has 4 unspecified atom stereocenters. The smallest absolute Gasteiger partial charge is 0.141 e. The van der Waals surface area contributed by atoms with Crippen molar-refractivity contribution in [3.05, 3.63) is 0 Å². The van der Waals surface area contributed by atoms with Gasteiger partial charge in [0, 0.05) is 19.9 Å². The lowest BCUT2D eigenvalue weighted by atomic mass is 9.87. The first-order chi connectivity index (χ1) is 8.77. The lowest BCUT2D eigenvalue weighted by molar-refractivity contribution is -0.921. The van der Waals surface area contributed by atoms with Gasteiger partial charge in [0.05, 0.1) is 13.1 Å². The summed E-state index contributed by atoms with van der Waals surface area (Å²) in [6.45, 7) is 3.87. The van der Waals surface area contributed by atoms with Crippen molar-refractivity contribution < 1.29 is 4.90 Å². The van der Waals surface area contributed by atoms with E-state index in [9.17, 15) is 0 Å². The van der Waals surface area contributed by atoms with Gasteiger partial charge in [0.1, 0.15) is 12.2 Å². The minimum atomic E-state index is 0.764. The molecule has 2 saturated carbocycles. The summed E-state index contributed by atoms with van der Waals surface area (Å²) in [4.78, 5) is 4.70. The fourth-order valence-electron chi connectivity index (χ4n) is 4.86. The summed E-state index contributed by atoms with van der Waals surface area (Å²) >= 11 is 0. The Labute approximate surface area is 113 Å². The molecule has 2 heteroatoms. The van der Waals surface area contributed by atoms with Crippen LogP contribution in [0.5, 0.6) is 0 Å². The van der Waals surface area contributed by atoms with Crippen molar-refractivity contribution in [1.29, 1.82) is 0 Å². The highest BCUT2D eigenvalue weighted by molar-refractivity contribution is 4.89. The summed E-state index contributed by atoms with van der Waals surface area (Å²) in [7, 11) is 2.44. The van der Waals surface area contributed by atoms with Gasteiger partial charge < -0.3 is 4.90 Å². The van der Waals surface area contributed by atoms with Gasteiger partial charge in [-0.25, -0.2) is 4.90 Å². The van der Waals surface area contributed by atoms with E-state index in [4.69, 9.17) is 0 Å². The maximum Gasteiger partial charge on any atom is 0.141 e. The molecular weight excluding hydrogens is 220 g/mol. The first-order valence-electron chi connectivity index (χ1n) is 8.36. The Bertz CT molecular complexity index is 272. The maximum atomic E-state index is 2.90. The molecule has 3 fully saturated rings. The lowest BCUT2D eigenvalue weighted by Gasteiger charge is -2.32. The molecule has 0 bridgehead atoms. The number of hydrogen-bond acceptors (Lipinski definition) is 1. The zero-order chi connectivity index (χ0) is 12.5. The van der Waals surface area contributed by atoms with Crippen LogP contribution < -0.4 is 4.90 Å². The van der Waals surface area contributed by atoms with E-state index >= 15 is 0 Å². The summed E-state index contributed by atoms with van der Waals surface area (Å²) in [5.74, 6) is 1.01. The minimum absolute atomic E-state index is 0.764. The highest BCUT2D eigenvalue weighted by Gasteiger charge is 2.47. The SMILES string of the molecule is CC1N(CC2CCCCC2)C2CCCCC2[NH+]1C. The van der Waals surface area contributed by atoms with Crippen molar-refractivity contribution in [3.8, 4) is 0 Å². The van der Waals surface area contributed by atoms with Crippen LogP contribution in [0.3, 0.4) is 0 Å². The van der Waals surface area contributed by atoms with E-state index in [1.807, 2.05) is 0 Å². The molecule has 2 nitrogen and oxygen atoms in total. The average Bonchev–Trinajstić information content (AvgIpc) is 2.66. The van der Waals surface area contributed by atoms with E-state index < -0.39 is 0 Å². The van der Waals surface area contributed by atoms with Crippen molar-refractivity contribution in [3.63, 3.8) is 0 Å². The second-order valence-electron chi connectivity index (χ2n) is 7.08. The van der Waals surface area contributed by atoms with Gasteiger partial charge >= 0.3 is 0 Å². The summed E-state index contributed by atoms with van der Waals surface area (Å²) in [6.07, 6.45) is 14.1. The van der Waals surface area contributed by atoms with Crippen LogP contribution >= 0.6 is 0 Å². The predicted molar refractivity (Wildman–Crippen MR) is 75.7 cm³/mol. The van der Waals surface area contributed by atoms with E-state index in [0.29, 0.717) is 0 Å². The van der Waals surface area contributed by atoms with Gasteiger partial charge in [0.15, 0.2) is 0 Å². The van der Waals surface area contributed by atoms with Crippen LogP contribution in [0.25, 0.3) is 0 Å². The molecule has 1 N–H and O–H groups in total. The molecule has 3 aliphatic rings. The third-order valence-corrected chi connectivity index (χ3v) is 6.09. The van der Waals surface area contributed by atoms with Gasteiger partial charge in [0.25, 0.3) is 0 Å². The molecule has 1 heterocycles. The number of likely N-dealkylation sites (N-methyl/N-ethyl adjacent to an activating group) is 1. The van der Waals surface area contributed by atoms with Crippen LogP contribution in [0, 0.1) is 5.92 Å². The third kappa shape index (κ3) is 2.34. The molecule has 0 amide bonds. The molecular formula is C16H31N2+. The number of rotatable bonds is 2. The van der Waals surface area contributed by atoms with Gasteiger partial charge in [-0.2, -0.15) is 0 Å². The number of nitrogens with one attached hydrogen (secondary N) is 1. The Morgan fingerprint density at radius 1 is 0.944 bits per heavy atom. The van der Waals surface area contributed by atoms with E-state index in [1.54, 1.807) is 4.90 Å². The Morgan fingerprint density at radius 3 is 2.39 bits per heavy atom. The number of nitrogens with zero attached hydrogens (tertiary/aromatic N) is 1. The molecule has 1 saturated heterocycles. The molecule has 0 aromatic carbocycles. The second kappa shape index (κ2) is 5.50. The van der Waals surface area contributed by atoms with E-state index in [2.05, 4.69) is 18.9 Å². The topological polar surface area (TPSA) is 7.68 Å². The van der Waals surface area contributed by atoms with Gasteiger partial charge in [-0.15, -0.1) is 0 Å². The molecule has 3 rings (SSSR count). The minimum Gasteiger partial charge on any atom is -0.319 e. The van der Waals surface area contributed by atoms with Crippen LogP contribution in [-0.2, 0) is 0 Å². The largest absolute Gasteiger partial charge is 0.319 e. The Kier molecular flexibility index (Phi) is 3.95. The van der Waals surface area contributed by atoms with E-state index in [-0.39, 0.29) is 0 Å². The predicted octanol–water partition coefficient (Wildman–Crippen LogP) is 2.05. The zero-order valence-electron chi connectivity index (χ0n) is 12.3. The van der Waals surface area contributed by atoms with Crippen LogP contribution in [-0.4, -0.2) is 36.7 Å². The summed E-state index contributed by atoms with van der Waals surface area (Å²) in [6, 6.07) is 1.85. The monoisotopic (exact) mass is 251 g/mol. The van der Waals surface area contributed by atoms with Crippen LogP contribution in [0.4, 0.5) is 0 Å². The number of fused-ring (bicyclic) bond motifs is 1. The molecule has 18 heavy (non-hydrogen) atoms. The van der Waals surface area contributed by atoms with E-state index in [0.717, 1.165) is 24.2 Å². The summed E-state index contributed by atoms with van der Waals surface area (Å²) < 4.78 is 0. The fraction of sp³-hybridized carbons (Fsp3) is 1.00. The van der Waals surface area contributed by atoms with Gasteiger partial charge in [-0.05, 0) is 31.6 Å². The van der Waals surface area contributed by atoms with Crippen molar-refractivity contribution in [2.45, 2.75) is 83.0 Å².